The Morgan fingerprint density at radius 1 is 1.07 bits per heavy atom. The van der Waals surface area contributed by atoms with Gasteiger partial charge in [0.2, 0.25) is 0 Å². The van der Waals surface area contributed by atoms with Gasteiger partial charge < -0.3 is 20.4 Å². The van der Waals surface area contributed by atoms with Gasteiger partial charge in [0.25, 0.3) is 0 Å². The normalized spacial score (nSPS) is 27.0. The van der Waals surface area contributed by atoms with Crippen molar-refractivity contribution >= 4 is 5.97 Å². The summed E-state index contributed by atoms with van der Waals surface area (Å²) in [5.41, 5.74) is 0. The third-order valence-corrected chi connectivity index (χ3v) is 5.41. The molecule has 4 N–H and O–H groups in total. The van der Waals surface area contributed by atoms with Crippen molar-refractivity contribution in [3.05, 3.63) is 24.3 Å². The Labute approximate surface area is 163 Å². The number of allylic oxidation sites excluding steroid dienone is 2. The van der Waals surface area contributed by atoms with E-state index in [1.54, 1.807) is 6.08 Å². The van der Waals surface area contributed by atoms with Gasteiger partial charge >= 0.3 is 5.97 Å². The molecule has 0 saturated heterocycles. The number of carbonyl (C=O) groups is 1. The first-order valence-electron chi connectivity index (χ1n) is 10.5. The third kappa shape index (κ3) is 10.1. The quantitative estimate of drug-likeness (QED) is 0.270. The van der Waals surface area contributed by atoms with Crippen LogP contribution in [-0.4, -0.2) is 44.7 Å². The average molecular weight is 383 g/mol. The van der Waals surface area contributed by atoms with E-state index < -0.39 is 24.3 Å². The second-order valence-corrected chi connectivity index (χ2v) is 7.76. The van der Waals surface area contributed by atoms with Gasteiger partial charge in [0.15, 0.2) is 0 Å². The maximum Gasteiger partial charge on any atom is 0.303 e. The van der Waals surface area contributed by atoms with Crippen molar-refractivity contribution < 1.29 is 25.2 Å². The minimum atomic E-state index is -0.742. The van der Waals surface area contributed by atoms with Crippen molar-refractivity contribution in [3.63, 3.8) is 0 Å². The number of carboxylic acids is 1. The second-order valence-electron chi connectivity index (χ2n) is 7.76. The van der Waals surface area contributed by atoms with Crippen molar-refractivity contribution in [1.29, 1.82) is 0 Å². The zero-order valence-corrected chi connectivity index (χ0v) is 16.7. The highest BCUT2D eigenvalue weighted by Crippen LogP contribution is 2.36. The highest BCUT2D eigenvalue weighted by atomic mass is 16.4. The van der Waals surface area contributed by atoms with Crippen LogP contribution < -0.4 is 0 Å². The molecule has 27 heavy (non-hydrogen) atoms. The van der Waals surface area contributed by atoms with E-state index in [1.807, 2.05) is 6.08 Å². The van der Waals surface area contributed by atoms with Crippen LogP contribution in [0.5, 0.6) is 0 Å². The number of hydrogen-bond donors (Lipinski definition) is 4. The highest BCUT2D eigenvalue weighted by Gasteiger charge is 2.39. The molecular weight excluding hydrogens is 344 g/mol. The molecule has 1 saturated carbocycles. The molecule has 5 nitrogen and oxygen atoms in total. The van der Waals surface area contributed by atoms with Gasteiger partial charge in [-0.3, -0.25) is 4.79 Å². The molecule has 1 fully saturated rings. The zero-order valence-electron chi connectivity index (χ0n) is 16.7. The Bertz CT molecular complexity index is 460. The van der Waals surface area contributed by atoms with Crippen LogP contribution in [-0.2, 0) is 4.79 Å². The van der Waals surface area contributed by atoms with Gasteiger partial charge in [-0.05, 0) is 38.0 Å². The molecule has 1 aliphatic carbocycles. The van der Waals surface area contributed by atoms with Crippen LogP contribution in [0.3, 0.4) is 0 Å². The molecular formula is C22H38O5. The van der Waals surface area contributed by atoms with Crippen LogP contribution in [0, 0.1) is 11.8 Å². The Kier molecular flexibility index (Phi) is 12.3. The molecule has 0 aromatic carbocycles. The van der Waals surface area contributed by atoms with E-state index in [4.69, 9.17) is 5.11 Å². The summed E-state index contributed by atoms with van der Waals surface area (Å²) >= 11 is 0. The van der Waals surface area contributed by atoms with E-state index in [1.165, 1.54) is 0 Å². The van der Waals surface area contributed by atoms with Crippen LogP contribution in [0.25, 0.3) is 0 Å². The average Bonchev–Trinajstić information content (AvgIpc) is 2.88. The van der Waals surface area contributed by atoms with E-state index in [2.05, 4.69) is 19.1 Å². The van der Waals surface area contributed by atoms with E-state index in [9.17, 15) is 20.1 Å². The molecule has 0 amide bonds. The molecule has 1 rings (SSSR count). The van der Waals surface area contributed by atoms with Crippen LogP contribution in [0.2, 0.25) is 0 Å². The summed E-state index contributed by atoms with van der Waals surface area (Å²) in [5, 5.41) is 39.1. The standard InChI is InChI=1S/C22H38O5/c1-2-3-8-11-17(23)14-15-19-18(20(24)16-21(19)25)12-9-6-4-5-7-10-13-22(26)27/h6,9,14-15,17-21,23-25H,2-5,7-8,10-13,16H2,1H3,(H,26,27)/b9-6-,15-14+/t17-,18-,19+,20+,21-/m1/s1. The first kappa shape index (κ1) is 23.9. The first-order chi connectivity index (χ1) is 13.0. The summed E-state index contributed by atoms with van der Waals surface area (Å²) in [6.45, 7) is 2.13. The van der Waals surface area contributed by atoms with Gasteiger partial charge in [-0.2, -0.15) is 0 Å². The maximum absolute atomic E-state index is 10.5. The van der Waals surface area contributed by atoms with Crippen LogP contribution in [0.4, 0.5) is 0 Å². The summed E-state index contributed by atoms with van der Waals surface area (Å²) in [4.78, 5) is 10.5. The van der Waals surface area contributed by atoms with E-state index in [-0.39, 0.29) is 18.3 Å². The molecule has 156 valence electrons. The zero-order chi connectivity index (χ0) is 20.1. The van der Waals surface area contributed by atoms with Gasteiger partial charge in [0, 0.05) is 18.8 Å². The molecule has 0 radical (unpaired) electrons. The topological polar surface area (TPSA) is 98.0 Å². The lowest BCUT2D eigenvalue weighted by molar-refractivity contribution is -0.137. The molecule has 0 heterocycles. The molecule has 5 atom stereocenters. The lowest BCUT2D eigenvalue weighted by Crippen LogP contribution is -2.20. The number of rotatable bonds is 14. The van der Waals surface area contributed by atoms with Crippen molar-refractivity contribution in [2.75, 3.05) is 0 Å². The molecule has 1 aliphatic rings. The first-order valence-corrected chi connectivity index (χ1v) is 10.5. The number of hydrogen-bond acceptors (Lipinski definition) is 4. The lowest BCUT2D eigenvalue weighted by atomic mass is 9.89. The summed E-state index contributed by atoms with van der Waals surface area (Å²) < 4.78 is 0. The number of aliphatic hydroxyl groups is 3. The summed E-state index contributed by atoms with van der Waals surface area (Å²) in [6.07, 6.45) is 15.0. The van der Waals surface area contributed by atoms with Gasteiger partial charge in [-0.1, -0.05) is 56.9 Å². The van der Waals surface area contributed by atoms with E-state index in [0.29, 0.717) is 19.3 Å². The van der Waals surface area contributed by atoms with Gasteiger partial charge in [0.1, 0.15) is 0 Å². The van der Waals surface area contributed by atoms with Crippen LogP contribution in [0.1, 0.15) is 77.6 Å². The summed E-state index contributed by atoms with van der Waals surface area (Å²) in [7, 11) is 0. The Morgan fingerprint density at radius 2 is 1.85 bits per heavy atom. The van der Waals surface area contributed by atoms with Crippen molar-refractivity contribution in [1.82, 2.24) is 0 Å². The number of aliphatic hydroxyl groups excluding tert-OH is 3. The molecule has 0 spiro atoms. The number of carboxylic acid groups (broad SMARTS) is 1. The predicted octanol–water partition coefficient (Wildman–Crippen LogP) is 3.82. The maximum atomic E-state index is 10.5. The molecule has 0 unspecified atom stereocenters. The van der Waals surface area contributed by atoms with Crippen molar-refractivity contribution in [3.8, 4) is 0 Å². The molecule has 0 aromatic rings. The van der Waals surface area contributed by atoms with Crippen LogP contribution >= 0.6 is 0 Å². The van der Waals surface area contributed by atoms with E-state index in [0.717, 1.165) is 44.9 Å². The lowest BCUT2D eigenvalue weighted by Gasteiger charge is -2.19. The third-order valence-electron chi connectivity index (χ3n) is 5.41. The fourth-order valence-electron chi connectivity index (χ4n) is 3.75. The van der Waals surface area contributed by atoms with Gasteiger partial charge in [0.05, 0.1) is 18.3 Å². The Morgan fingerprint density at radius 3 is 2.56 bits per heavy atom. The smallest absolute Gasteiger partial charge is 0.303 e. The fraction of sp³-hybridized carbons (Fsp3) is 0.773. The molecule has 0 aliphatic heterocycles. The summed E-state index contributed by atoms with van der Waals surface area (Å²) in [5.74, 6) is -0.891. The highest BCUT2D eigenvalue weighted by molar-refractivity contribution is 5.66. The van der Waals surface area contributed by atoms with Crippen molar-refractivity contribution in [2.24, 2.45) is 11.8 Å². The SMILES string of the molecule is CCCCC[C@@H](O)/C=C/[C@H]1[C@@H](C/C=C\CCCCCC(=O)O)[C@@H](O)C[C@H]1O. The second kappa shape index (κ2) is 13.9. The minimum Gasteiger partial charge on any atom is -0.481 e. The van der Waals surface area contributed by atoms with Crippen LogP contribution in [0.15, 0.2) is 24.3 Å². The number of aliphatic carboxylic acids is 1. The molecule has 0 bridgehead atoms. The summed E-state index contributed by atoms with van der Waals surface area (Å²) in [6, 6.07) is 0. The predicted molar refractivity (Wildman–Crippen MR) is 107 cm³/mol. The van der Waals surface area contributed by atoms with Gasteiger partial charge in [-0.25, -0.2) is 0 Å². The molecule has 0 aromatic heterocycles. The van der Waals surface area contributed by atoms with Crippen molar-refractivity contribution in [2.45, 2.75) is 95.9 Å². The minimum absolute atomic E-state index is 0.0256. The monoisotopic (exact) mass is 382 g/mol. The fourth-order valence-corrected chi connectivity index (χ4v) is 3.75. The molecule has 5 heteroatoms. The Balaban J connectivity index is 2.37. The number of unbranched alkanes of at least 4 members (excludes halogenated alkanes) is 5. The Hall–Kier alpha value is -1.17. The largest absolute Gasteiger partial charge is 0.481 e. The van der Waals surface area contributed by atoms with Gasteiger partial charge in [-0.15, -0.1) is 0 Å². The van der Waals surface area contributed by atoms with E-state index >= 15 is 0 Å².